The predicted molar refractivity (Wildman–Crippen MR) is 140 cm³/mol. The molecule has 0 aromatic carbocycles. The van der Waals surface area contributed by atoms with Crippen molar-refractivity contribution < 1.29 is 28.7 Å². The molecule has 0 aromatic rings. The molecule has 1 rings (SSSR count). The van der Waals surface area contributed by atoms with Crippen molar-refractivity contribution in [2.45, 2.75) is 78.9 Å². The molecule has 0 radical (unpaired) electrons. The van der Waals surface area contributed by atoms with Gasteiger partial charge in [0.1, 0.15) is 12.1 Å². The summed E-state index contributed by atoms with van der Waals surface area (Å²) in [6, 6.07) is -1.17. The first-order chi connectivity index (χ1) is 17.2. The van der Waals surface area contributed by atoms with Crippen molar-refractivity contribution >= 4 is 29.6 Å². The van der Waals surface area contributed by atoms with E-state index in [0.29, 0.717) is 11.8 Å². The maximum Gasteiger partial charge on any atom is 0.328 e. The molecule has 10 heteroatoms. The third-order valence-corrected chi connectivity index (χ3v) is 6.76. The smallest absolute Gasteiger partial charge is 0.328 e. The monoisotopic (exact) mass is 520 g/mol. The topological polar surface area (TPSA) is 148 Å². The Morgan fingerprint density at radius 2 is 1.81 bits per heavy atom. The number of allylic oxidation sites excluding steroid dienone is 1. The Hall–Kier alpha value is -3.17. The average molecular weight is 521 g/mol. The molecule has 6 atom stereocenters. The molecule has 1 heterocycles. The zero-order valence-corrected chi connectivity index (χ0v) is 23.0. The number of nitrogens with one attached hydrogen (secondary N) is 2. The van der Waals surface area contributed by atoms with Crippen molar-refractivity contribution in [2.24, 2.45) is 29.4 Å². The van der Waals surface area contributed by atoms with Crippen LogP contribution < -0.4 is 16.4 Å². The van der Waals surface area contributed by atoms with Crippen LogP contribution in [-0.2, 0) is 28.7 Å². The van der Waals surface area contributed by atoms with Crippen LogP contribution in [0.3, 0.4) is 0 Å². The Balaban J connectivity index is 3.32. The number of hydrogen-bond acceptors (Lipinski definition) is 6. The van der Waals surface area contributed by atoms with Crippen LogP contribution >= 0.6 is 0 Å². The molecule has 0 spiro atoms. The highest BCUT2D eigenvalue weighted by Crippen LogP contribution is 2.28. The lowest BCUT2D eigenvalue weighted by molar-refractivity contribution is -0.161. The molecule has 208 valence electrons. The standard InChI is InChI=1S/C27H44N4O6/c1-8-16(2)13-17(3)14-18(4)25-20(6)26(35)29-19(5)9-12-24(34)31(7)15-23(33)30-21(27(36)37-25)10-11-22(28)32/h9,12,16-18,20-21,25H,5,8,10-11,13-15H2,1-4,6-7H3,(H2,28,32)(H,29,35)(H,30,33). The number of cyclic esters (lactones) is 1. The van der Waals surface area contributed by atoms with E-state index in [1.54, 1.807) is 6.92 Å². The summed E-state index contributed by atoms with van der Waals surface area (Å²) in [5.41, 5.74) is 5.46. The lowest BCUT2D eigenvalue weighted by Crippen LogP contribution is -2.49. The summed E-state index contributed by atoms with van der Waals surface area (Å²) in [7, 11) is 1.42. The van der Waals surface area contributed by atoms with Gasteiger partial charge in [-0.2, -0.15) is 0 Å². The van der Waals surface area contributed by atoms with E-state index >= 15 is 0 Å². The van der Waals surface area contributed by atoms with E-state index in [0.717, 1.165) is 24.2 Å². The minimum atomic E-state index is -1.17. The van der Waals surface area contributed by atoms with Gasteiger partial charge in [0.15, 0.2) is 0 Å². The molecular weight excluding hydrogens is 476 g/mol. The Kier molecular flexibility index (Phi) is 13.1. The summed E-state index contributed by atoms with van der Waals surface area (Å²) in [6.07, 6.45) is 4.31. The molecule has 10 nitrogen and oxygen atoms in total. The van der Waals surface area contributed by atoms with Gasteiger partial charge in [0.05, 0.1) is 12.5 Å². The lowest BCUT2D eigenvalue weighted by Gasteiger charge is -2.32. The van der Waals surface area contributed by atoms with Gasteiger partial charge in [-0.05, 0) is 43.1 Å². The quantitative estimate of drug-likeness (QED) is 0.396. The van der Waals surface area contributed by atoms with Crippen molar-refractivity contribution in [1.82, 2.24) is 15.5 Å². The Bertz CT molecular complexity index is 886. The number of nitrogens with zero attached hydrogens (tertiary/aromatic N) is 1. The van der Waals surface area contributed by atoms with Gasteiger partial charge in [-0.3, -0.25) is 19.2 Å². The maximum absolute atomic E-state index is 13.3. The molecule has 4 amide bonds. The fourth-order valence-corrected chi connectivity index (χ4v) is 4.48. The van der Waals surface area contributed by atoms with Gasteiger partial charge in [0.25, 0.3) is 0 Å². The molecule has 0 saturated carbocycles. The SMILES string of the molecule is C=C1C=CC(=O)N(C)CC(=O)NC(CCC(N)=O)C(=O)OC(C(C)CC(C)CC(C)CC)C(C)C(=O)N1. The minimum absolute atomic E-state index is 0.0691. The summed E-state index contributed by atoms with van der Waals surface area (Å²) >= 11 is 0. The average Bonchev–Trinajstić information content (AvgIpc) is 2.81. The number of carbonyl (C=O) groups is 5. The summed E-state index contributed by atoms with van der Waals surface area (Å²) in [5.74, 6) is -2.96. The number of carbonyl (C=O) groups excluding carboxylic acids is 5. The number of esters is 1. The first-order valence-electron chi connectivity index (χ1n) is 13.0. The van der Waals surface area contributed by atoms with Crippen LogP contribution in [0.4, 0.5) is 0 Å². The molecule has 0 bridgehead atoms. The molecule has 0 aliphatic carbocycles. The number of likely N-dealkylation sites (N-methyl/N-ethyl adjacent to an activating group) is 1. The summed E-state index contributed by atoms with van der Waals surface area (Å²) in [4.78, 5) is 63.8. The first kappa shape index (κ1) is 31.9. The summed E-state index contributed by atoms with van der Waals surface area (Å²) < 4.78 is 5.88. The van der Waals surface area contributed by atoms with Crippen LogP contribution in [-0.4, -0.2) is 60.2 Å². The number of hydrogen-bond donors (Lipinski definition) is 3. The highest BCUT2D eigenvalue weighted by atomic mass is 16.5. The zero-order valence-electron chi connectivity index (χ0n) is 23.0. The minimum Gasteiger partial charge on any atom is -0.460 e. The van der Waals surface area contributed by atoms with E-state index in [2.05, 4.69) is 38.0 Å². The summed E-state index contributed by atoms with van der Waals surface area (Å²) in [6.45, 7) is 13.5. The van der Waals surface area contributed by atoms with Crippen LogP contribution in [0.1, 0.15) is 66.7 Å². The van der Waals surface area contributed by atoms with E-state index in [1.165, 1.54) is 19.2 Å². The van der Waals surface area contributed by atoms with E-state index in [1.807, 2.05) is 6.92 Å². The highest BCUT2D eigenvalue weighted by Gasteiger charge is 2.35. The number of primary amides is 1. The molecule has 0 aromatic heterocycles. The van der Waals surface area contributed by atoms with Crippen molar-refractivity contribution in [3.63, 3.8) is 0 Å². The van der Waals surface area contributed by atoms with E-state index < -0.39 is 47.7 Å². The number of rotatable bonds is 9. The molecule has 6 unspecified atom stereocenters. The molecular formula is C27H44N4O6. The number of ether oxygens (including phenoxy) is 1. The van der Waals surface area contributed by atoms with Crippen LogP contribution in [0.15, 0.2) is 24.4 Å². The van der Waals surface area contributed by atoms with Gasteiger partial charge >= 0.3 is 5.97 Å². The molecule has 37 heavy (non-hydrogen) atoms. The van der Waals surface area contributed by atoms with Gasteiger partial charge in [-0.1, -0.05) is 47.6 Å². The van der Waals surface area contributed by atoms with Gasteiger partial charge in [0.2, 0.25) is 23.6 Å². The second-order valence-corrected chi connectivity index (χ2v) is 10.4. The van der Waals surface area contributed by atoms with Crippen LogP contribution in [0, 0.1) is 23.7 Å². The normalized spacial score (nSPS) is 24.8. The fourth-order valence-electron chi connectivity index (χ4n) is 4.48. The molecule has 4 N–H and O–H groups in total. The van der Waals surface area contributed by atoms with Crippen LogP contribution in [0.2, 0.25) is 0 Å². The van der Waals surface area contributed by atoms with Crippen molar-refractivity contribution in [2.75, 3.05) is 13.6 Å². The largest absolute Gasteiger partial charge is 0.460 e. The number of nitrogens with two attached hydrogens (primary N) is 1. The van der Waals surface area contributed by atoms with Gasteiger partial charge in [-0.25, -0.2) is 4.79 Å². The van der Waals surface area contributed by atoms with E-state index in [9.17, 15) is 24.0 Å². The zero-order chi connectivity index (χ0) is 28.3. The number of amides is 4. The van der Waals surface area contributed by atoms with E-state index in [4.69, 9.17) is 10.5 Å². The second kappa shape index (κ2) is 15.2. The lowest BCUT2D eigenvalue weighted by atomic mass is 9.83. The molecule has 0 fully saturated rings. The summed E-state index contributed by atoms with van der Waals surface area (Å²) in [5, 5.41) is 5.22. The van der Waals surface area contributed by atoms with E-state index in [-0.39, 0.29) is 31.0 Å². The maximum atomic E-state index is 13.3. The van der Waals surface area contributed by atoms with Crippen LogP contribution in [0.5, 0.6) is 0 Å². The van der Waals surface area contributed by atoms with Crippen LogP contribution in [0.25, 0.3) is 0 Å². The molecule has 1 aliphatic rings. The van der Waals surface area contributed by atoms with Crippen molar-refractivity contribution in [3.05, 3.63) is 24.4 Å². The Morgan fingerprint density at radius 3 is 2.41 bits per heavy atom. The Labute approximate surface area is 220 Å². The Morgan fingerprint density at radius 1 is 1.16 bits per heavy atom. The van der Waals surface area contributed by atoms with Gasteiger partial charge in [-0.15, -0.1) is 0 Å². The second-order valence-electron chi connectivity index (χ2n) is 10.4. The highest BCUT2D eigenvalue weighted by molar-refractivity contribution is 5.93. The van der Waals surface area contributed by atoms with Gasteiger partial charge < -0.3 is 26.0 Å². The third-order valence-electron chi connectivity index (χ3n) is 6.76. The molecule has 1 aliphatic heterocycles. The first-order valence-corrected chi connectivity index (χ1v) is 13.0. The molecule has 0 saturated heterocycles. The van der Waals surface area contributed by atoms with Crippen molar-refractivity contribution in [1.29, 1.82) is 0 Å². The fraction of sp³-hybridized carbons (Fsp3) is 0.667. The predicted octanol–water partition coefficient (Wildman–Crippen LogP) is 2.04. The van der Waals surface area contributed by atoms with Crippen molar-refractivity contribution in [3.8, 4) is 0 Å². The third kappa shape index (κ3) is 11.2. The van der Waals surface area contributed by atoms with Gasteiger partial charge in [0, 0.05) is 25.2 Å².